The number of nitrogens with zero attached hydrogens (tertiary/aromatic N) is 2. The largest absolute Gasteiger partial charge is 0.392 e. The van der Waals surface area contributed by atoms with Gasteiger partial charge in [-0.1, -0.05) is 0 Å². The Bertz CT molecular complexity index is 622. The number of hydrogen-bond donors (Lipinski definition) is 1. The van der Waals surface area contributed by atoms with Crippen LogP contribution in [-0.4, -0.2) is 62.1 Å². The fourth-order valence-electron chi connectivity index (χ4n) is 2.55. The summed E-state index contributed by atoms with van der Waals surface area (Å²) in [4.78, 5) is 1.09. The van der Waals surface area contributed by atoms with E-state index in [-0.39, 0.29) is 13.0 Å². The van der Waals surface area contributed by atoms with E-state index in [4.69, 9.17) is 0 Å². The molecule has 2 atom stereocenters. The summed E-state index contributed by atoms with van der Waals surface area (Å²) in [7, 11) is -0.636. The van der Waals surface area contributed by atoms with Crippen LogP contribution in [0.2, 0.25) is 0 Å². The maximum absolute atomic E-state index is 13.8. The summed E-state index contributed by atoms with van der Waals surface area (Å²) in [5.41, 5.74) is 0. The molecule has 2 unspecified atom stereocenters. The quantitative estimate of drug-likeness (QED) is 0.885. The number of rotatable bonds is 4. The van der Waals surface area contributed by atoms with E-state index in [1.54, 1.807) is 19.0 Å². The maximum atomic E-state index is 13.8. The molecule has 0 spiro atoms. The highest BCUT2D eigenvalue weighted by atomic mass is 32.2. The van der Waals surface area contributed by atoms with E-state index in [0.29, 0.717) is 12.6 Å². The van der Waals surface area contributed by atoms with Crippen LogP contribution in [0.3, 0.4) is 0 Å². The molecule has 0 aromatic heterocycles. The number of aliphatic hydroxyl groups excluding tert-OH is 1. The Labute approximate surface area is 122 Å². The van der Waals surface area contributed by atoms with Crippen molar-refractivity contribution in [2.75, 3.05) is 27.2 Å². The zero-order valence-electron chi connectivity index (χ0n) is 11.8. The second-order valence-corrected chi connectivity index (χ2v) is 7.31. The zero-order chi connectivity index (χ0) is 15.8. The lowest BCUT2D eigenvalue weighted by atomic mass is 10.2. The lowest BCUT2D eigenvalue weighted by Gasteiger charge is -2.26. The second-order valence-electron chi connectivity index (χ2n) is 5.46. The highest BCUT2D eigenvalue weighted by Crippen LogP contribution is 2.28. The van der Waals surface area contributed by atoms with Gasteiger partial charge >= 0.3 is 0 Å². The summed E-state index contributed by atoms with van der Waals surface area (Å²) in [6, 6.07) is 1.85. The van der Waals surface area contributed by atoms with E-state index in [0.717, 1.165) is 16.4 Å². The third kappa shape index (κ3) is 3.39. The van der Waals surface area contributed by atoms with Gasteiger partial charge in [-0.2, -0.15) is 4.31 Å². The number of benzene rings is 1. The molecular weight excluding hydrogens is 302 g/mol. The molecule has 21 heavy (non-hydrogen) atoms. The summed E-state index contributed by atoms with van der Waals surface area (Å²) in [6.07, 6.45) is -0.532. The number of hydrogen-bond acceptors (Lipinski definition) is 4. The van der Waals surface area contributed by atoms with Crippen LogP contribution in [0.4, 0.5) is 8.78 Å². The Balaban J connectivity index is 2.39. The van der Waals surface area contributed by atoms with E-state index in [9.17, 15) is 22.3 Å². The molecule has 1 aliphatic rings. The van der Waals surface area contributed by atoms with Gasteiger partial charge in [-0.3, -0.25) is 0 Å². The minimum atomic E-state index is -4.19. The van der Waals surface area contributed by atoms with Crippen LogP contribution in [-0.2, 0) is 10.0 Å². The third-order valence-corrected chi connectivity index (χ3v) is 5.33. The summed E-state index contributed by atoms with van der Waals surface area (Å²) in [5.74, 6) is -1.82. The Morgan fingerprint density at radius 2 is 2.05 bits per heavy atom. The molecule has 1 aromatic rings. The second kappa shape index (κ2) is 5.96. The fraction of sp³-hybridized carbons (Fsp3) is 0.538. The first-order chi connectivity index (χ1) is 9.71. The Morgan fingerprint density at radius 1 is 1.38 bits per heavy atom. The minimum absolute atomic E-state index is 0.114. The first-order valence-electron chi connectivity index (χ1n) is 6.51. The third-order valence-electron chi connectivity index (χ3n) is 3.40. The van der Waals surface area contributed by atoms with Crippen molar-refractivity contribution in [2.45, 2.75) is 23.5 Å². The highest BCUT2D eigenvalue weighted by molar-refractivity contribution is 7.89. The molecular formula is C13H18F2N2O3S. The van der Waals surface area contributed by atoms with E-state index in [2.05, 4.69) is 0 Å². The van der Waals surface area contributed by atoms with Crippen LogP contribution in [0.5, 0.6) is 0 Å². The lowest BCUT2D eigenvalue weighted by Crippen LogP contribution is -2.41. The molecule has 8 heteroatoms. The number of halogens is 2. The SMILES string of the molecule is CN(C)CC1CC(O)CN1S(=O)(=O)c1cc(F)ccc1F. The molecule has 5 nitrogen and oxygen atoms in total. The first-order valence-corrected chi connectivity index (χ1v) is 7.95. The average Bonchev–Trinajstić information content (AvgIpc) is 2.73. The number of sulfonamides is 1. The highest BCUT2D eigenvalue weighted by Gasteiger charge is 2.40. The van der Waals surface area contributed by atoms with Gasteiger partial charge in [0, 0.05) is 19.1 Å². The molecule has 1 aromatic carbocycles. The van der Waals surface area contributed by atoms with Crippen LogP contribution >= 0.6 is 0 Å². The Hall–Kier alpha value is -1.09. The molecule has 0 bridgehead atoms. The maximum Gasteiger partial charge on any atom is 0.246 e. The molecule has 2 rings (SSSR count). The van der Waals surface area contributed by atoms with Crippen LogP contribution in [0.25, 0.3) is 0 Å². The van der Waals surface area contributed by atoms with Crippen molar-refractivity contribution in [3.05, 3.63) is 29.8 Å². The van der Waals surface area contributed by atoms with E-state index < -0.39 is 38.7 Å². The Morgan fingerprint density at radius 3 is 2.67 bits per heavy atom. The molecule has 0 aliphatic carbocycles. The number of β-amino-alcohol motifs (C(OH)–C–C–N with tert-alkyl or cyclic N) is 1. The molecule has 0 saturated carbocycles. The van der Waals surface area contributed by atoms with Gasteiger partial charge in [0.2, 0.25) is 10.0 Å². The van der Waals surface area contributed by atoms with Crippen molar-refractivity contribution < 1.29 is 22.3 Å². The smallest absolute Gasteiger partial charge is 0.246 e. The van der Waals surface area contributed by atoms with Gasteiger partial charge in [0.05, 0.1) is 6.10 Å². The summed E-state index contributed by atoms with van der Waals surface area (Å²) in [5, 5.41) is 9.72. The molecule has 1 saturated heterocycles. The fourth-order valence-corrected chi connectivity index (χ4v) is 4.29. The van der Waals surface area contributed by atoms with Crippen LogP contribution < -0.4 is 0 Å². The molecule has 118 valence electrons. The van der Waals surface area contributed by atoms with Gasteiger partial charge in [0.15, 0.2) is 0 Å². The monoisotopic (exact) mass is 320 g/mol. The van der Waals surface area contributed by atoms with Gasteiger partial charge in [-0.15, -0.1) is 0 Å². The average molecular weight is 320 g/mol. The minimum Gasteiger partial charge on any atom is -0.392 e. The van der Waals surface area contributed by atoms with Crippen LogP contribution in [0.15, 0.2) is 23.1 Å². The lowest BCUT2D eigenvalue weighted by molar-refractivity contribution is 0.188. The topological polar surface area (TPSA) is 60.9 Å². The van der Waals surface area contributed by atoms with E-state index in [1.807, 2.05) is 0 Å². The molecule has 1 aliphatic heterocycles. The van der Waals surface area contributed by atoms with Crippen molar-refractivity contribution in [2.24, 2.45) is 0 Å². The van der Waals surface area contributed by atoms with Gasteiger partial charge in [0.1, 0.15) is 16.5 Å². The Kier molecular flexibility index (Phi) is 4.62. The summed E-state index contributed by atoms with van der Waals surface area (Å²) < 4.78 is 53.1. The van der Waals surface area contributed by atoms with Gasteiger partial charge < -0.3 is 10.0 Å². The van der Waals surface area contributed by atoms with Crippen LogP contribution in [0, 0.1) is 11.6 Å². The normalized spacial score (nSPS) is 23.9. The molecule has 0 amide bonds. The number of likely N-dealkylation sites (N-methyl/N-ethyl adjacent to an activating group) is 1. The predicted molar refractivity (Wildman–Crippen MR) is 73.2 cm³/mol. The number of aliphatic hydroxyl groups is 1. The molecule has 0 radical (unpaired) electrons. The van der Waals surface area contributed by atoms with Gasteiger partial charge in [0.25, 0.3) is 0 Å². The standard InChI is InChI=1S/C13H18F2N2O3S/c1-16(2)7-10-6-11(18)8-17(10)21(19,20)13-5-9(14)3-4-12(13)15/h3-5,10-11,18H,6-8H2,1-2H3. The predicted octanol–water partition coefficient (Wildman–Crippen LogP) is 0.650. The summed E-state index contributed by atoms with van der Waals surface area (Å²) in [6.45, 7) is 0.282. The molecule has 1 N–H and O–H groups in total. The van der Waals surface area contributed by atoms with Crippen molar-refractivity contribution in [3.8, 4) is 0 Å². The first kappa shape index (κ1) is 16.3. The summed E-state index contributed by atoms with van der Waals surface area (Å²) >= 11 is 0. The van der Waals surface area contributed by atoms with Crippen LogP contribution in [0.1, 0.15) is 6.42 Å². The van der Waals surface area contributed by atoms with E-state index in [1.165, 1.54) is 0 Å². The van der Waals surface area contributed by atoms with Crippen molar-refractivity contribution >= 4 is 10.0 Å². The van der Waals surface area contributed by atoms with Crippen molar-refractivity contribution in [1.29, 1.82) is 0 Å². The van der Waals surface area contributed by atoms with Crippen molar-refractivity contribution in [1.82, 2.24) is 9.21 Å². The van der Waals surface area contributed by atoms with Gasteiger partial charge in [-0.05, 0) is 38.7 Å². The van der Waals surface area contributed by atoms with Gasteiger partial charge in [-0.25, -0.2) is 17.2 Å². The zero-order valence-corrected chi connectivity index (χ0v) is 12.6. The van der Waals surface area contributed by atoms with Crippen molar-refractivity contribution in [3.63, 3.8) is 0 Å². The molecule has 1 heterocycles. The molecule has 1 fully saturated rings. The van der Waals surface area contributed by atoms with E-state index >= 15 is 0 Å².